The molecule has 0 atom stereocenters. The first kappa shape index (κ1) is 17.0. The molecule has 0 aromatic heterocycles. The second-order valence-electron chi connectivity index (χ2n) is 6.71. The zero-order valence-electron chi connectivity index (χ0n) is 13.6. The van der Waals surface area contributed by atoms with Crippen molar-refractivity contribution >= 4 is 0 Å². The van der Waals surface area contributed by atoms with Gasteiger partial charge in [-0.2, -0.15) is 0 Å². The van der Waals surface area contributed by atoms with E-state index in [2.05, 4.69) is 19.2 Å². The molecule has 114 valence electrons. The maximum absolute atomic E-state index is 3.73. The quantitative estimate of drug-likeness (QED) is 0.448. The standard InChI is InChI=1S/C18H37N/c1-3-5-6-7-8-9-10-13-16-19-17-18(4-2)14-11-12-15-18/h19H,3-17H2,1-2H3. The van der Waals surface area contributed by atoms with Crippen LogP contribution in [0.15, 0.2) is 0 Å². The molecule has 0 saturated heterocycles. The van der Waals surface area contributed by atoms with E-state index in [1.165, 1.54) is 96.6 Å². The predicted octanol–water partition coefficient (Wildman–Crippen LogP) is 5.69. The number of rotatable bonds is 12. The lowest BCUT2D eigenvalue weighted by Crippen LogP contribution is -2.32. The molecule has 0 aliphatic heterocycles. The van der Waals surface area contributed by atoms with Crippen molar-refractivity contribution in [3.05, 3.63) is 0 Å². The van der Waals surface area contributed by atoms with Crippen molar-refractivity contribution in [3.63, 3.8) is 0 Å². The van der Waals surface area contributed by atoms with Crippen molar-refractivity contribution in [1.29, 1.82) is 0 Å². The van der Waals surface area contributed by atoms with Crippen molar-refractivity contribution in [2.24, 2.45) is 5.41 Å². The molecular formula is C18H37N. The summed E-state index contributed by atoms with van der Waals surface area (Å²) >= 11 is 0. The molecule has 1 heteroatoms. The van der Waals surface area contributed by atoms with Crippen LogP contribution in [0.25, 0.3) is 0 Å². The third kappa shape index (κ3) is 7.34. The molecule has 1 saturated carbocycles. The van der Waals surface area contributed by atoms with E-state index in [0.717, 1.165) is 0 Å². The van der Waals surface area contributed by atoms with Gasteiger partial charge in [0.15, 0.2) is 0 Å². The molecular weight excluding hydrogens is 230 g/mol. The topological polar surface area (TPSA) is 12.0 Å². The van der Waals surface area contributed by atoms with Crippen LogP contribution in [0, 0.1) is 5.41 Å². The van der Waals surface area contributed by atoms with Gasteiger partial charge in [0.2, 0.25) is 0 Å². The summed E-state index contributed by atoms with van der Waals surface area (Å²) < 4.78 is 0. The van der Waals surface area contributed by atoms with E-state index >= 15 is 0 Å². The van der Waals surface area contributed by atoms with Crippen LogP contribution in [0.1, 0.15) is 97.3 Å². The summed E-state index contributed by atoms with van der Waals surface area (Å²) in [6.45, 7) is 7.19. The second-order valence-corrected chi connectivity index (χ2v) is 6.71. The van der Waals surface area contributed by atoms with E-state index in [-0.39, 0.29) is 0 Å². The fraction of sp³-hybridized carbons (Fsp3) is 1.00. The van der Waals surface area contributed by atoms with Gasteiger partial charge in [0, 0.05) is 6.54 Å². The molecule has 0 radical (unpaired) electrons. The van der Waals surface area contributed by atoms with E-state index < -0.39 is 0 Å². The van der Waals surface area contributed by atoms with Crippen LogP contribution < -0.4 is 5.32 Å². The first-order valence-corrected chi connectivity index (χ1v) is 9.04. The molecule has 19 heavy (non-hydrogen) atoms. The van der Waals surface area contributed by atoms with Gasteiger partial charge >= 0.3 is 0 Å². The van der Waals surface area contributed by atoms with Crippen LogP contribution >= 0.6 is 0 Å². The summed E-state index contributed by atoms with van der Waals surface area (Å²) in [5.74, 6) is 0. The van der Waals surface area contributed by atoms with E-state index in [0.29, 0.717) is 5.41 Å². The molecule has 1 aliphatic rings. The van der Waals surface area contributed by atoms with E-state index in [4.69, 9.17) is 0 Å². The van der Waals surface area contributed by atoms with Gasteiger partial charge in [0.05, 0.1) is 0 Å². The minimum Gasteiger partial charge on any atom is -0.316 e. The monoisotopic (exact) mass is 267 g/mol. The molecule has 0 bridgehead atoms. The molecule has 0 aromatic carbocycles. The van der Waals surface area contributed by atoms with Crippen LogP contribution in [-0.4, -0.2) is 13.1 Å². The second kappa shape index (κ2) is 10.7. The molecule has 1 N–H and O–H groups in total. The highest BCUT2D eigenvalue weighted by molar-refractivity contribution is 4.85. The lowest BCUT2D eigenvalue weighted by Gasteiger charge is -2.27. The SMILES string of the molecule is CCCCCCCCCCNCC1(CC)CCCC1. The minimum absolute atomic E-state index is 0.667. The number of unbranched alkanes of at least 4 members (excludes halogenated alkanes) is 7. The van der Waals surface area contributed by atoms with Gasteiger partial charge in [-0.1, -0.05) is 71.6 Å². The normalized spacial score (nSPS) is 18.0. The van der Waals surface area contributed by atoms with Gasteiger partial charge in [0.1, 0.15) is 0 Å². The Hall–Kier alpha value is -0.0400. The summed E-state index contributed by atoms with van der Waals surface area (Å²) in [6.07, 6.45) is 18.7. The summed E-state index contributed by atoms with van der Waals surface area (Å²) in [4.78, 5) is 0. The van der Waals surface area contributed by atoms with Gasteiger partial charge in [-0.05, 0) is 37.6 Å². The van der Waals surface area contributed by atoms with Crippen LogP contribution in [0.5, 0.6) is 0 Å². The molecule has 1 rings (SSSR count). The lowest BCUT2D eigenvalue weighted by molar-refractivity contribution is 0.268. The third-order valence-corrected chi connectivity index (χ3v) is 5.12. The van der Waals surface area contributed by atoms with Crippen molar-refractivity contribution in [3.8, 4) is 0 Å². The Bertz CT molecular complexity index is 194. The van der Waals surface area contributed by atoms with Crippen molar-refractivity contribution in [1.82, 2.24) is 5.32 Å². The summed E-state index contributed by atoms with van der Waals surface area (Å²) in [5.41, 5.74) is 0.667. The average Bonchev–Trinajstić information content (AvgIpc) is 2.90. The Morgan fingerprint density at radius 3 is 1.95 bits per heavy atom. The third-order valence-electron chi connectivity index (χ3n) is 5.12. The smallest absolute Gasteiger partial charge is 0.000770 e. The van der Waals surface area contributed by atoms with Crippen molar-refractivity contribution in [2.75, 3.05) is 13.1 Å². The molecule has 0 unspecified atom stereocenters. The van der Waals surface area contributed by atoms with Crippen LogP contribution in [0.3, 0.4) is 0 Å². The number of nitrogens with one attached hydrogen (secondary N) is 1. The molecule has 0 amide bonds. The van der Waals surface area contributed by atoms with E-state index in [1.54, 1.807) is 0 Å². The Morgan fingerprint density at radius 2 is 1.37 bits per heavy atom. The van der Waals surface area contributed by atoms with E-state index in [9.17, 15) is 0 Å². The lowest BCUT2D eigenvalue weighted by atomic mass is 9.83. The van der Waals surface area contributed by atoms with Gasteiger partial charge in [0.25, 0.3) is 0 Å². The Kier molecular flexibility index (Phi) is 9.59. The zero-order chi connectivity index (χ0) is 13.8. The molecule has 0 heterocycles. The average molecular weight is 268 g/mol. The first-order chi connectivity index (χ1) is 9.33. The number of hydrogen-bond donors (Lipinski definition) is 1. The highest BCUT2D eigenvalue weighted by Gasteiger charge is 2.31. The molecule has 1 nitrogen and oxygen atoms in total. The maximum atomic E-state index is 3.73. The minimum atomic E-state index is 0.667. The van der Waals surface area contributed by atoms with Crippen LogP contribution in [0.4, 0.5) is 0 Å². The van der Waals surface area contributed by atoms with Crippen molar-refractivity contribution < 1.29 is 0 Å². The van der Waals surface area contributed by atoms with Gasteiger partial charge in [-0.3, -0.25) is 0 Å². The maximum Gasteiger partial charge on any atom is 0.000770 e. The molecule has 1 fully saturated rings. The van der Waals surface area contributed by atoms with Crippen molar-refractivity contribution in [2.45, 2.75) is 97.3 Å². The highest BCUT2D eigenvalue weighted by atomic mass is 14.9. The predicted molar refractivity (Wildman–Crippen MR) is 86.7 cm³/mol. The Labute approximate surface area is 121 Å². The number of hydrogen-bond acceptors (Lipinski definition) is 1. The highest BCUT2D eigenvalue weighted by Crippen LogP contribution is 2.40. The van der Waals surface area contributed by atoms with Gasteiger partial charge < -0.3 is 5.32 Å². The Morgan fingerprint density at radius 1 is 0.789 bits per heavy atom. The molecule has 1 aliphatic carbocycles. The Balaban J connectivity index is 1.85. The largest absolute Gasteiger partial charge is 0.316 e. The summed E-state index contributed by atoms with van der Waals surface area (Å²) in [5, 5.41) is 3.73. The zero-order valence-corrected chi connectivity index (χ0v) is 13.6. The van der Waals surface area contributed by atoms with Crippen LogP contribution in [0.2, 0.25) is 0 Å². The fourth-order valence-corrected chi connectivity index (χ4v) is 3.52. The summed E-state index contributed by atoms with van der Waals surface area (Å²) in [6, 6.07) is 0. The fourth-order valence-electron chi connectivity index (χ4n) is 3.52. The van der Waals surface area contributed by atoms with Gasteiger partial charge in [-0.25, -0.2) is 0 Å². The van der Waals surface area contributed by atoms with E-state index in [1.807, 2.05) is 0 Å². The first-order valence-electron chi connectivity index (χ1n) is 9.04. The molecule has 0 spiro atoms. The van der Waals surface area contributed by atoms with Gasteiger partial charge in [-0.15, -0.1) is 0 Å². The molecule has 0 aromatic rings. The summed E-state index contributed by atoms with van der Waals surface area (Å²) in [7, 11) is 0. The van der Waals surface area contributed by atoms with Crippen LogP contribution in [-0.2, 0) is 0 Å².